The molecule has 212 valence electrons. The van der Waals surface area contributed by atoms with Crippen LogP contribution in [0.1, 0.15) is 28.0 Å². The maximum absolute atomic E-state index is 13.9. The number of hydrogen-bond donors (Lipinski definition) is 2. The Balaban J connectivity index is 1.56. The van der Waals surface area contributed by atoms with E-state index in [2.05, 4.69) is 15.2 Å². The van der Waals surface area contributed by atoms with E-state index >= 15 is 0 Å². The third-order valence-corrected chi connectivity index (χ3v) is 7.85. The van der Waals surface area contributed by atoms with Crippen LogP contribution in [0.5, 0.6) is 5.88 Å². The number of hydrogen-bond acceptors (Lipinski definition) is 6. The van der Waals surface area contributed by atoms with Gasteiger partial charge in [-0.15, -0.1) is 0 Å². The number of aromatic amines is 1. The fraction of sp³-hybridized carbons (Fsp3) is 0.308. The Bertz CT molecular complexity index is 1550. The minimum atomic E-state index is -4.69. The highest BCUT2D eigenvalue weighted by atomic mass is 35.5. The van der Waals surface area contributed by atoms with Crippen molar-refractivity contribution in [3.05, 3.63) is 69.2 Å². The normalized spacial score (nSPS) is 16.1. The molecule has 0 bridgehead atoms. The maximum Gasteiger partial charge on any atom is 0.417 e. The number of nitrogens with zero attached hydrogens (tertiary/aromatic N) is 4. The summed E-state index contributed by atoms with van der Waals surface area (Å²) < 4.78 is 80.4. The highest BCUT2D eigenvalue weighted by molar-refractivity contribution is 7.17. The van der Waals surface area contributed by atoms with Gasteiger partial charge < -0.3 is 10.0 Å². The summed E-state index contributed by atoms with van der Waals surface area (Å²) >= 11 is 6.93. The van der Waals surface area contributed by atoms with Gasteiger partial charge in [0, 0.05) is 42.2 Å². The van der Waals surface area contributed by atoms with E-state index in [1.54, 1.807) is 29.3 Å². The first-order chi connectivity index (χ1) is 18.9. The zero-order valence-electron chi connectivity index (χ0n) is 20.7. The van der Waals surface area contributed by atoms with Crippen molar-refractivity contribution in [1.29, 1.82) is 0 Å². The van der Waals surface area contributed by atoms with Crippen LogP contribution in [0.25, 0.3) is 22.6 Å². The molecule has 6 nitrogen and oxygen atoms in total. The van der Waals surface area contributed by atoms with Crippen LogP contribution in [-0.4, -0.2) is 64.1 Å². The molecule has 1 aliphatic heterocycles. The molecule has 0 atom stereocenters. The van der Waals surface area contributed by atoms with Crippen molar-refractivity contribution in [3.63, 3.8) is 0 Å². The second-order valence-corrected chi connectivity index (χ2v) is 10.8. The van der Waals surface area contributed by atoms with Crippen molar-refractivity contribution in [1.82, 2.24) is 20.1 Å². The molecule has 1 fully saturated rings. The van der Waals surface area contributed by atoms with E-state index < -0.39 is 30.3 Å². The van der Waals surface area contributed by atoms with E-state index in [4.69, 9.17) is 11.6 Å². The third kappa shape index (κ3) is 6.37. The summed E-state index contributed by atoms with van der Waals surface area (Å²) in [6.07, 6.45) is -5.65. The van der Waals surface area contributed by atoms with Gasteiger partial charge in [0.15, 0.2) is 5.13 Å². The van der Waals surface area contributed by atoms with E-state index in [1.165, 1.54) is 23.1 Å². The van der Waals surface area contributed by atoms with Gasteiger partial charge in [0.1, 0.15) is 4.88 Å². The van der Waals surface area contributed by atoms with E-state index in [1.807, 2.05) is 0 Å². The van der Waals surface area contributed by atoms with Gasteiger partial charge in [-0.05, 0) is 47.9 Å². The van der Waals surface area contributed by atoms with Gasteiger partial charge in [0.05, 0.1) is 23.8 Å². The first kappa shape index (κ1) is 28.2. The lowest BCUT2D eigenvalue weighted by Gasteiger charge is -2.22. The van der Waals surface area contributed by atoms with Gasteiger partial charge in [-0.25, -0.2) is 0 Å². The topological polar surface area (TPSA) is 68.3 Å². The van der Waals surface area contributed by atoms with Crippen LogP contribution in [0.2, 0.25) is 5.02 Å². The summed E-state index contributed by atoms with van der Waals surface area (Å²) in [6, 6.07) is 8.59. The van der Waals surface area contributed by atoms with Crippen molar-refractivity contribution in [2.45, 2.75) is 18.8 Å². The van der Waals surface area contributed by atoms with Crippen LogP contribution in [-0.2, 0) is 6.18 Å². The number of alkyl halides is 6. The molecule has 2 N–H and O–H groups in total. The van der Waals surface area contributed by atoms with Gasteiger partial charge in [-0.3, -0.25) is 10.00 Å². The Hall–Kier alpha value is -3.29. The molecule has 2 aromatic heterocycles. The van der Waals surface area contributed by atoms with Gasteiger partial charge in [0.2, 0.25) is 5.88 Å². The molecule has 1 saturated heterocycles. The van der Waals surface area contributed by atoms with Crippen molar-refractivity contribution in [2.24, 2.45) is 0 Å². The number of aromatic hydroxyl groups is 1. The van der Waals surface area contributed by atoms with E-state index in [9.17, 15) is 31.4 Å². The zero-order chi connectivity index (χ0) is 28.7. The van der Waals surface area contributed by atoms with Crippen molar-refractivity contribution in [3.8, 4) is 5.88 Å². The van der Waals surface area contributed by atoms with E-state index in [-0.39, 0.29) is 40.7 Å². The largest absolute Gasteiger partial charge is 0.492 e. The summed E-state index contributed by atoms with van der Waals surface area (Å²) in [4.78, 5) is 7.58. The fourth-order valence-corrected chi connectivity index (χ4v) is 5.85. The zero-order valence-corrected chi connectivity index (χ0v) is 22.2. The molecule has 40 heavy (non-hydrogen) atoms. The van der Waals surface area contributed by atoms with Crippen molar-refractivity contribution >= 4 is 50.6 Å². The predicted molar refractivity (Wildman–Crippen MR) is 143 cm³/mol. The molecular weight excluding hydrogens is 580 g/mol. The lowest BCUT2D eigenvalue weighted by atomic mass is 9.98. The number of benzene rings is 2. The molecular formula is C26H22ClF6N5OS. The quantitative estimate of drug-likeness (QED) is 0.189. The Morgan fingerprint density at radius 1 is 1.05 bits per heavy atom. The molecule has 1 aliphatic rings. The second-order valence-electron chi connectivity index (χ2n) is 9.34. The lowest BCUT2D eigenvalue weighted by molar-refractivity contribution is -0.145. The van der Waals surface area contributed by atoms with E-state index in [0.29, 0.717) is 34.6 Å². The summed E-state index contributed by atoms with van der Waals surface area (Å²) in [5.41, 5.74) is 0.405. The molecule has 0 spiro atoms. The number of thiazole rings is 1. The number of halogens is 7. The summed E-state index contributed by atoms with van der Waals surface area (Å²) in [5.74, 6) is -0.391. The van der Waals surface area contributed by atoms with Crippen LogP contribution in [0.4, 0.5) is 31.5 Å². The standard InChI is InChI=1S/C26H22ClF6N5OS/c27-18-4-2-16(20(12-18)26(31,32)33)11-19(15-3-5-21-17(10-15)13-34-36-21)22-23(39)35-24(40-22)38-7-1-6-37(8-9-38)14-25(28,29)30/h2-5,10-13,39H,1,6-9,14H2,(H,34,36). The molecule has 4 aromatic rings. The SMILES string of the molecule is Oc1nc(N2CCCN(CC(F)(F)F)CC2)sc1C(=Cc1ccc(Cl)cc1C(F)(F)F)c1ccc2[nH]ncc2c1. The van der Waals surface area contributed by atoms with Crippen molar-refractivity contribution in [2.75, 3.05) is 37.6 Å². The molecule has 0 amide bonds. The van der Waals surface area contributed by atoms with E-state index in [0.717, 1.165) is 17.4 Å². The smallest absolute Gasteiger partial charge is 0.417 e. The fourth-order valence-electron chi connectivity index (χ4n) is 4.63. The number of H-pyrrole nitrogens is 1. The summed E-state index contributed by atoms with van der Waals surface area (Å²) in [5, 5.41) is 18.7. The Morgan fingerprint density at radius 3 is 2.60 bits per heavy atom. The minimum Gasteiger partial charge on any atom is -0.492 e. The highest BCUT2D eigenvalue weighted by Crippen LogP contribution is 2.42. The number of fused-ring (bicyclic) bond motifs is 1. The van der Waals surface area contributed by atoms with Gasteiger partial charge in [-0.1, -0.05) is 35.1 Å². The highest BCUT2D eigenvalue weighted by Gasteiger charge is 2.34. The van der Waals surface area contributed by atoms with Gasteiger partial charge in [0.25, 0.3) is 0 Å². The Labute approximate surface area is 233 Å². The third-order valence-electron chi connectivity index (χ3n) is 6.48. The maximum atomic E-state index is 13.9. The molecule has 0 radical (unpaired) electrons. The van der Waals surface area contributed by atoms with Crippen LogP contribution < -0.4 is 4.90 Å². The first-order valence-electron chi connectivity index (χ1n) is 12.1. The number of rotatable bonds is 5. The average molecular weight is 602 g/mol. The summed E-state index contributed by atoms with van der Waals surface area (Å²) in [6.45, 7) is 0.0525. The molecule has 0 saturated carbocycles. The minimum absolute atomic E-state index is 0.0745. The molecule has 14 heteroatoms. The molecule has 0 aliphatic carbocycles. The molecule has 0 unspecified atom stereocenters. The second kappa shape index (κ2) is 10.9. The molecule has 5 rings (SSSR count). The van der Waals surface area contributed by atoms with Crippen LogP contribution in [0.3, 0.4) is 0 Å². The monoisotopic (exact) mass is 601 g/mol. The van der Waals surface area contributed by atoms with Crippen LogP contribution in [0.15, 0.2) is 42.6 Å². The van der Waals surface area contributed by atoms with Crippen molar-refractivity contribution < 1.29 is 31.4 Å². The lowest BCUT2D eigenvalue weighted by Crippen LogP contribution is -2.37. The predicted octanol–water partition coefficient (Wildman–Crippen LogP) is 7.06. The van der Waals surface area contributed by atoms with Gasteiger partial charge in [-0.2, -0.15) is 36.4 Å². The number of nitrogens with one attached hydrogen (secondary N) is 1. The molecule has 3 heterocycles. The Morgan fingerprint density at radius 2 is 1.85 bits per heavy atom. The number of anilines is 1. The van der Waals surface area contributed by atoms with Crippen LogP contribution >= 0.6 is 22.9 Å². The van der Waals surface area contributed by atoms with Crippen LogP contribution in [0, 0.1) is 0 Å². The first-order valence-corrected chi connectivity index (χ1v) is 13.3. The molecule has 2 aromatic carbocycles. The average Bonchev–Trinajstić information content (AvgIpc) is 3.42. The summed E-state index contributed by atoms with van der Waals surface area (Å²) in [7, 11) is 0. The Kier molecular flexibility index (Phi) is 7.73. The number of aromatic nitrogens is 3. The van der Waals surface area contributed by atoms with Gasteiger partial charge >= 0.3 is 12.4 Å².